The maximum atomic E-state index is 11.7. The second-order valence-corrected chi connectivity index (χ2v) is 5.49. The van der Waals surface area contributed by atoms with Gasteiger partial charge in [-0.25, -0.2) is 0 Å². The summed E-state index contributed by atoms with van der Waals surface area (Å²) in [5, 5.41) is 13.4. The van der Waals surface area contributed by atoms with E-state index in [1.165, 1.54) is 12.1 Å². The molecule has 22 heavy (non-hydrogen) atoms. The molecule has 0 aromatic heterocycles. The lowest BCUT2D eigenvalue weighted by molar-refractivity contribution is -0.383. The molecular formula is C14H15ClN2O5. The molecule has 1 aliphatic carbocycles. The second kappa shape index (κ2) is 7.22. The molecule has 0 radical (unpaired) electrons. The number of nitrogens with zero attached hydrogens (tertiary/aromatic N) is 1. The molecule has 1 aromatic rings. The molecule has 0 bridgehead atoms. The average molecular weight is 327 g/mol. The van der Waals surface area contributed by atoms with Crippen molar-refractivity contribution in [3.05, 3.63) is 33.3 Å². The number of nitro groups is 1. The highest BCUT2D eigenvalue weighted by atomic mass is 35.5. The fraction of sp³-hybridized carbons (Fsp3) is 0.429. The van der Waals surface area contributed by atoms with Crippen LogP contribution in [0.3, 0.4) is 0 Å². The van der Waals surface area contributed by atoms with Crippen molar-refractivity contribution < 1.29 is 19.2 Å². The Hall–Kier alpha value is -2.15. The van der Waals surface area contributed by atoms with Crippen LogP contribution in [0, 0.1) is 16.0 Å². The Labute approximate surface area is 131 Å². The van der Waals surface area contributed by atoms with Gasteiger partial charge in [0, 0.05) is 11.1 Å². The largest absolute Gasteiger partial charge is 0.455 e. The predicted molar refractivity (Wildman–Crippen MR) is 79.7 cm³/mol. The number of nitro benzene ring substituents is 1. The first-order valence-corrected chi connectivity index (χ1v) is 7.25. The van der Waals surface area contributed by atoms with Crippen LogP contribution < -0.4 is 5.32 Å². The van der Waals surface area contributed by atoms with E-state index >= 15 is 0 Å². The van der Waals surface area contributed by atoms with Gasteiger partial charge in [0.25, 0.3) is 11.6 Å². The molecule has 0 heterocycles. The summed E-state index contributed by atoms with van der Waals surface area (Å²) in [5.74, 6) is -1.16. The highest BCUT2D eigenvalue weighted by Gasteiger charge is 2.25. The van der Waals surface area contributed by atoms with E-state index in [9.17, 15) is 19.7 Å². The van der Waals surface area contributed by atoms with E-state index in [4.69, 9.17) is 16.3 Å². The number of benzene rings is 1. The number of hydrogen-bond acceptors (Lipinski definition) is 5. The van der Waals surface area contributed by atoms with E-state index < -0.39 is 23.4 Å². The van der Waals surface area contributed by atoms with Crippen LogP contribution >= 0.6 is 11.6 Å². The number of ether oxygens (including phenoxy) is 1. The first-order chi connectivity index (χ1) is 10.5. The first-order valence-electron chi connectivity index (χ1n) is 6.88. The van der Waals surface area contributed by atoms with Gasteiger partial charge in [0.15, 0.2) is 6.61 Å². The van der Waals surface area contributed by atoms with Crippen LogP contribution in [-0.4, -0.2) is 23.4 Å². The number of amides is 1. The minimum atomic E-state index is -0.647. The summed E-state index contributed by atoms with van der Waals surface area (Å²) in [4.78, 5) is 33.7. The van der Waals surface area contributed by atoms with Crippen LogP contribution in [0.15, 0.2) is 18.2 Å². The number of halogens is 1. The Kier molecular flexibility index (Phi) is 5.32. The van der Waals surface area contributed by atoms with E-state index in [1.807, 2.05) is 0 Å². The van der Waals surface area contributed by atoms with Gasteiger partial charge in [-0.2, -0.15) is 0 Å². The van der Waals surface area contributed by atoms with E-state index in [0.29, 0.717) is 0 Å². The molecule has 2 rings (SSSR count). The topological polar surface area (TPSA) is 98.5 Å². The van der Waals surface area contributed by atoms with Gasteiger partial charge in [-0.15, -0.1) is 0 Å². The summed E-state index contributed by atoms with van der Waals surface area (Å²) in [6.45, 7) is -0.463. The quantitative estimate of drug-likeness (QED) is 0.509. The number of nitrogens with one attached hydrogen (secondary N) is 1. The van der Waals surface area contributed by atoms with Crippen LogP contribution in [0.1, 0.15) is 25.7 Å². The third kappa shape index (κ3) is 4.17. The zero-order chi connectivity index (χ0) is 16.1. The molecule has 1 amide bonds. The zero-order valence-corrected chi connectivity index (χ0v) is 12.5. The Morgan fingerprint density at radius 2 is 2.05 bits per heavy atom. The summed E-state index contributed by atoms with van der Waals surface area (Å²) < 4.78 is 4.94. The smallest absolute Gasteiger partial charge is 0.309 e. The Bertz CT molecular complexity index is 599. The van der Waals surface area contributed by atoms with Gasteiger partial charge >= 0.3 is 5.97 Å². The second-order valence-electron chi connectivity index (χ2n) is 5.06. The molecule has 0 unspecified atom stereocenters. The third-order valence-electron chi connectivity index (χ3n) is 3.46. The Balaban J connectivity index is 1.92. The van der Waals surface area contributed by atoms with Crippen LogP contribution in [0.4, 0.5) is 11.4 Å². The number of carbonyl (C=O) groups is 2. The number of anilines is 1. The summed E-state index contributed by atoms with van der Waals surface area (Å²) in [6, 6.07) is 3.90. The van der Waals surface area contributed by atoms with Gasteiger partial charge in [-0.3, -0.25) is 19.7 Å². The number of rotatable bonds is 5. The number of hydrogen-bond donors (Lipinski definition) is 1. The van der Waals surface area contributed by atoms with Gasteiger partial charge in [0.1, 0.15) is 5.69 Å². The molecule has 0 atom stereocenters. The van der Waals surface area contributed by atoms with Gasteiger partial charge in [-0.1, -0.05) is 24.4 Å². The van der Waals surface area contributed by atoms with Gasteiger partial charge in [0.05, 0.1) is 10.8 Å². The maximum Gasteiger partial charge on any atom is 0.309 e. The van der Waals surface area contributed by atoms with Gasteiger partial charge < -0.3 is 10.1 Å². The van der Waals surface area contributed by atoms with E-state index in [1.54, 1.807) is 0 Å². The Morgan fingerprint density at radius 3 is 2.68 bits per heavy atom. The van der Waals surface area contributed by atoms with E-state index in [2.05, 4.69) is 5.32 Å². The average Bonchev–Trinajstić information content (AvgIpc) is 3.00. The van der Waals surface area contributed by atoms with Crippen molar-refractivity contribution in [2.45, 2.75) is 25.7 Å². The molecule has 0 aliphatic heterocycles. The van der Waals surface area contributed by atoms with Crippen LogP contribution in [-0.2, 0) is 14.3 Å². The monoisotopic (exact) mass is 326 g/mol. The van der Waals surface area contributed by atoms with Crippen LogP contribution in [0.2, 0.25) is 5.02 Å². The fourth-order valence-corrected chi connectivity index (χ4v) is 2.53. The standard InChI is InChI=1S/C14H15ClN2O5/c15-10-5-6-11(12(7-10)17(20)21)16-13(18)8-22-14(19)9-3-1-2-4-9/h5-7,9H,1-4,8H2,(H,16,18). The predicted octanol–water partition coefficient (Wildman–Crippen LogP) is 2.92. The van der Waals surface area contributed by atoms with Crippen molar-refractivity contribution in [2.24, 2.45) is 5.92 Å². The number of esters is 1. The third-order valence-corrected chi connectivity index (χ3v) is 3.70. The molecule has 1 aliphatic rings. The summed E-state index contributed by atoms with van der Waals surface area (Å²) in [6.07, 6.45) is 3.54. The van der Waals surface area contributed by atoms with Gasteiger partial charge in [-0.05, 0) is 25.0 Å². The zero-order valence-electron chi connectivity index (χ0n) is 11.7. The highest BCUT2D eigenvalue weighted by molar-refractivity contribution is 6.31. The fourth-order valence-electron chi connectivity index (χ4n) is 2.36. The minimum Gasteiger partial charge on any atom is -0.455 e. The van der Waals surface area contributed by atoms with E-state index in [-0.39, 0.29) is 22.3 Å². The molecule has 0 saturated heterocycles. The SMILES string of the molecule is O=C(COC(=O)C1CCCC1)Nc1ccc(Cl)cc1[N+](=O)[O-]. The molecule has 7 nitrogen and oxygen atoms in total. The van der Waals surface area contributed by atoms with Crippen LogP contribution in [0.25, 0.3) is 0 Å². The summed E-state index contributed by atoms with van der Waals surface area (Å²) in [7, 11) is 0. The molecule has 1 N–H and O–H groups in total. The first kappa shape index (κ1) is 16.2. The molecule has 118 valence electrons. The van der Waals surface area contributed by atoms with Crippen molar-refractivity contribution in [1.82, 2.24) is 0 Å². The summed E-state index contributed by atoms with van der Waals surface area (Å²) >= 11 is 5.69. The van der Waals surface area contributed by atoms with Gasteiger partial charge in [0.2, 0.25) is 0 Å². The number of carbonyl (C=O) groups excluding carboxylic acids is 2. The summed E-state index contributed by atoms with van der Waals surface area (Å²) in [5.41, 5.74) is -0.306. The highest BCUT2D eigenvalue weighted by Crippen LogP contribution is 2.28. The molecule has 0 spiro atoms. The lowest BCUT2D eigenvalue weighted by Gasteiger charge is -2.10. The van der Waals surface area contributed by atoms with Crippen molar-refractivity contribution in [3.63, 3.8) is 0 Å². The van der Waals surface area contributed by atoms with Crippen molar-refractivity contribution in [3.8, 4) is 0 Å². The lowest BCUT2D eigenvalue weighted by Crippen LogP contribution is -2.24. The van der Waals surface area contributed by atoms with E-state index in [0.717, 1.165) is 31.7 Å². The molecule has 8 heteroatoms. The Morgan fingerprint density at radius 1 is 1.36 bits per heavy atom. The normalized spacial score (nSPS) is 14.6. The lowest BCUT2D eigenvalue weighted by atomic mass is 10.1. The molecule has 1 saturated carbocycles. The van der Waals surface area contributed by atoms with Crippen molar-refractivity contribution >= 4 is 34.9 Å². The molecule has 1 aromatic carbocycles. The molecular weight excluding hydrogens is 312 g/mol. The van der Waals surface area contributed by atoms with Crippen LogP contribution in [0.5, 0.6) is 0 Å². The maximum absolute atomic E-state index is 11.7. The molecule has 1 fully saturated rings. The van der Waals surface area contributed by atoms with Crippen molar-refractivity contribution in [1.29, 1.82) is 0 Å². The van der Waals surface area contributed by atoms with Crippen molar-refractivity contribution in [2.75, 3.05) is 11.9 Å². The minimum absolute atomic E-state index is 0.0105.